The second-order valence-electron chi connectivity index (χ2n) is 5.14. The summed E-state index contributed by atoms with van der Waals surface area (Å²) in [7, 11) is -1.53. The van der Waals surface area contributed by atoms with Gasteiger partial charge in [-0.3, -0.25) is 0 Å². The van der Waals surface area contributed by atoms with E-state index in [-0.39, 0.29) is 28.6 Å². The van der Waals surface area contributed by atoms with Crippen LogP contribution in [0.1, 0.15) is 27.1 Å². The van der Waals surface area contributed by atoms with Crippen molar-refractivity contribution in [1.82, 2.24) is 4.31 Å². The van der Waals surface area contributed by atoms with E-state index in [4.69, 9.17) is 5.73 Å². The van der Waals surface area contributed by atoms with Crippen molar-refractivity contribution in [3.8, 4) is 0 Å². The van der Waals surface area contributed by atoms with Crippen LogP contribution in [0.5, 0.6) is 0 Å². The van der Waals surface area contributed by atoms with Crippen molar-refractivity contribution >= 4 is 22.0 Å². The highest BCUT2D eigenvalue weighted by Gasteiger charge is 2.32. The van der Waals surface area contributed by atoms with Crippen LogP contribution in [0.25, 0.3) is 0 Å². The molecule has 0 saturated carbocycles. The molecule has 1 heterocycles. The molecule has 0 bridgehead atoms. The van der Waals surface area contributed by atoms with Crippen molar-refractivity contribution in [1.29, 1.82) is 0 Å². The predicted molar refractivity (Wildman–Crippen MR) is 80.5 cm³/mol. The van der Waals surface area contributed by atoms with Crippen LogP contribution < -0.4 is 5.73 Å². The molecule has 1 aromatic rings. The second-order valence-corrected chi connectivity index (χ2v) is 7.08. The lowest BCUT2D eigenvalue weighted by atomic mass is 10.1. The Balaban J connectivity index is 2.52. The Labute approximate surface area is 134 Å². The molecule has 8 nitrogen and oxygen atoms in total. The molecule has 9 heteroatoms. The number of hydrogen-bond donors (Lipinski definition) is 1. The first-order valence-electron chi connectivity index (χ1n) is 6.87. The van der Waals surface area contributed by atoms with E-state index < -0.39 is 22.0 Å². The molecule has 1 fully saturated rings. The maximum atomic E-state index is 12.7. The van der Waals surface area contributed by atoms with Gasteiger partial charge in [0.05, 0.1) is 30.2 Å². The lowest BCUT2D eigenvalue weighted by Gasteiger charge is -2.17. The molecule has 1 aliphatic heterocycles. The summed E-state index contributed by atoms with van der Waals surface area (Å²) in [6.07, 6.45) is 0.555. The summed E-state index contributed by atoms with van der Waals surface area (Å²) in [6, 6.07) is 3.36. The number of hydrogen-bond acceptors (Lipinski definition) is 7. The summed E-state index contributed by atoms with van der Waals surface area (Å²) in [5, 5.41) is 0. The minimum Gasteiger partial charge on any atom is -0.465 e. The number of methoxy groups -OCH3 is 2. The maximum absolute atomic E-state index is 12.7. The summed E-state index contributed by atoms with van der Waals surface area (Å²) in [6.45, 7) is 0.484. The molecule has 0 aliphatic carbocycles. The van der Waals surface area contributed by atoms with Crippen LogP contribution in [0.4, 0.5) is 0 Å². The number of nitrogens with two attached hydrogens (primary N) is 1. The molecule has 126 valence electrons. The molecular weight excluding hydrogens is 324 g/mol. The van der Waals surface area contributed by atoms with Gasteiger partial charge in [-0.15, -0.1) is 0 Å². The summed E-state index contributed by atoms with van der Waals surface area (Å²) in [5.41, 5.74) is 5.66. The fourth-order valence-corrected chi connectivity index (χ4v) is 3.92. The van der Waals surface area contributed by atoms with Crippen LogP contribution in [-0.4, -0.2) is 58.0 Å². The van der Waals surface area contributed by atoms with E-state index in [2.05, 4.69) is 9.47 Å². The highest BCUT2D eigenvalue weighted by Crippen LogP contribution is 2.23. The van der Waals surface area contributed by atoms with Crippen molar-refractivity contribution in [2.45, 2.75) is 17.4 Å². The van der Waals surface area contributed by atoms with Gasteiger partial charge in [0.25, 0.3) is 0 Å². The highest BCUT2D eigenvalue weighted by atomic mass is 32.2. The molecular formula is C14H18N2O6S. The van der Waals surface area contributed by atoms with E-state index >= 15 is 0 Å². The third-order valence-corrected chi connectivity index (χ3v) is 5.42. The van der Waals surface area contributed by atoms with E-state index in [0.29, 0.717) is 13.0 Å². The van der Waals surface area contributed by atoms with Gasteiger partial charge < -0.3 is 15.2 Å². The molecule has 0 radical (unpaired) electrons. The van der Waals surface area contributed by atoms with Crippen LogP contribution in [0.15, 0.2) is 23.1 Å². The third-order valence-electron chi connectivity index (χ3n) is 3.57. The molecule has 2 N–H and O–H groups in total. The van der Waals surface area contributed by atoms with Gasteiger partial charge in [-0.1, -0.05) is 0 Å². The van der Waals surface area contributed by atoms with Crippen LogP contribution in [-0.2, 0) is 19.5 Å². The van der Waals surface area contributed by atoms with E-state index in [9.17, 15) is 18.0 Å². The van der Waals surface area contributed by atoms with E-state index in [1.165, 1.54) is 36.7 Å². The zero-order valence-corrected chi connectivity index (χ0v) is 13.6. The van der Waals surface area contributed by atoms with E-state index in [1.807, 2.05) is 0 Å². The lowest BCUT2D eigenvalue weighted by molar-refractivity contribution is 0.0598. The Hall–Kier alpha value is -1.97. The van der Waals surface area contributed by atoms with E-state index in [0.717, 1.165) is 0 Å². The molecule has 23 heavy (non-hydrogen) atoms. The predicted octanol–water partition coefficient (Wildman–Crippen LogP) is -0.0185. The summed E-state index contributed by atoms with van der Waals surface area (Å²) < 4.78 is 35.8. The number of carbonyl (C=O) groups excluding carboxylic acids is 2. The zero-order valence-electron chi connectivity index (χ0n) is 12.8. The number of nitrogens with zero attached hydrogens (tertiary/aromatic N) is 1. The van der Waals surface area contributed by atoms with Crippen LogP contribution in [0, 0.1) is 0 Å². The van der Waals surface area contributed by atoms with Gasteiger partial charge in [-0.05, 0) is 24.6 Å². The van der Waals surface area contributed by atoms with Crippen LogP contribution in [0.2, 0.25) is 0 Å². The first-order chi connectivity index (χ1) is 10.8. The van der Waals surface area contributed by atoms with Gasteiger partial charge in [0, 0.05) is 19.1 Å². The Bertz CT molecular complexity index is 697. The highest BCUT2D eigenvalue weighted by molar-refractivity contribution is 7.89. The van der Waals surface area contributed by atoms with Crippen molar-refractivity contribution < 1.29 is 27.5 Å². The summed E-state index contributed by atoms with van der Waals surface area (Å²) >= 11 is 0. The number of rotatable bonds is 4. The Morgan fingerprint density at radius 1 is 1.13 bits per heavy atom. The van der Waals surface area contributed by atoms with Crippen molar-refractivity contribution in [3.63, 3.8) is 0 Å². The normalized spacial score (nSPS) is 18.7. The number of sulfonamides is 1. The molecule has 1 aliphatic rings. The van der Waals surface area contributed by atoms with Crippen molar-refractivity contribution in [3.05, 3.63) is 29.3 Å². The average molecular weight is 342 g/mol. The first kappa shape index (κ1) is 17.4. The largest absolute Gasteiger partial charge is 0.465 e. The molecule has 1 aromatic carbocycles. The Morgan fingerprint density at radius 3 is 2.04 bits per heavy atom. The summed E-state index contributed by atoms with van der Waals surface area (Å²) in [4.78, 5) is 23.3. The molecule has 0 unspecified atom stereocenters. The average Bonchev–Trinajstić information content (AvgIpc) is 3.00. The smallest absolute Gasteiger partial charge is 0.337 e. The topological polar surface area (TPSA) is 116 Å². The minimum atomic E-state index is -3.86. The van der Waals surface area contributed by atoms with Crippen LogP contribution >= 0.6 is 0 Å². The van der Waals surface area contributed by atoms with Gasteiger partial charge >= 0.3 is 11.9 Å². The second kappa shape index (κ2) is 6.65. The minimum absolute atomic E-state index is 0.0440. The monoisotopic (exact) mass is 342 g/mol. The van der Waals surface area contributed by atoms with Crippen LogP contribution in [0.3, 0.4) is 0 Å². The van der Waals surface area contributed by atoms with E-state index in [1.54, 1.807) is 0 Å². The quantitative estimate of drug-likeness (QED) is 0.764. The molecule has 0 spiro atoms. The number of ether oxygens (including phenoxy) is 2. The maximum Gasteiger partial charge on any atom is 0.337 e. The molecule has 1 saturated heterocycles. The third kappa shape index (κ3) is 3.52. The van der Waals surface area contributed by atoms with Gasteiger partial charge in [0.2, 0.25) is 10.0 Å². The SMILES string of the molecule is COC(=O)c1cc(C(=O)OC)cc(S(=O)(=O)N2CC[C@@H](N)C2)c1. The number of carbonyl (C=O) groups is 2. The van der Waals surface area contributed by atoms with Gasteiger partial charge in [-0.2, -0.15) is 4.31 Å². The molecule has 2 rings (SSSR count). The van der Waals surface area contributed by atoms with Crippen molar-refractivity contribution in [2.75, 3.05) is 27.3 Å². The Morgan fingerprint density at radius 2 is 1.65 bits per heavy atom. The molecule has 0 amide bonds. The standard InChI is InChI=1S/C14H18N2O6S/c1-21-13(17)9-5-10(14(18)22-2)7-12(6-9)23(19,20)16-4-3-11(15)8-16/h5-7,11H,3-4,8,15H2,1-2H3/t11-/m1/s1. The number of esters is 2. The fourth-order valence-electron chi connectivity index (χ4n) is 2.34. The zero-order chi connectivity index (χ0) is 17.2. The first-order valence-corrected chi connectivity index (χ1v) is 8.31. The van der Waals surface area contributed by atoms with Gasteiger partial charge in [-0.25, -0.2) is 18.0 Å². The Kier molecular flexibility index (Phi) is 5.03. The van der Waals surface area contributed by atoms with Gasteiger partial charge in [0.15, 0.2) is 0 Å². The number of benzene rings is 1. The fraction of sp³-hybridized carbons (Fsp3) is 0.429. The van der Waals surface area contributed by atoms with Gasteiger partial charge in [0.1, 0.15) is 0 Å². The summed E-state index contributed by atoms with van der Waals surface area (Å²) in [5.74, 6) is -1.49. The molecule has 0 aromatic heterocycles. The lowest BCUT2D eigenvalue weighted by Crippen LogP contribution is -2.32. The van der Waals surface area contributed by atoms with Crippen molar-refractivity contribution in [2.24, 2.45) is 5.73 Å². The molecule has 1 atom stereocenters.